The quantitative estimate of drug-likeness (QED) is 0.350. The fraction of sp³-hybridized carbons (Fsp3) is 0.618. The lowest BCUT2D eigenvalue weighted by Crippen LogP contribution is -2.51. The van der Waals surface area contributed by atoms with E-state index in [1.165, 1.54) is 6.92 Å². The van der Waals surface area contributed by atoms with Gasteiger partial charge in [-0.3, -0.25) is 4.79 Å². The van der Waals surface area contributed by atoms with Crippen LogP contribution in [0.5, 0.6) is 5.75 Å². The second-order valence-corrected chi connectivity index (χ2v) is 16.5. The molecule has 12 heteroatoms. The fourth-order valence-electron chi connectivity index (χ4n) is 8.27. The second-order valence-electron chi connectivity index (χ2n) is 14.0. The number of alkyl halides is 3. The number of benzene rings is 2. The first-order chi connectivity index (χ1) is 21.7. The Balaban J connectivity index is 1.43. The lowest BCUT2D eigenvalue weighted by molar-refractivity contribution is -0.231. The molecular weight excluding hydrogens is 641 g/mol. The summed E-state index contributed by atoms with van der Waals surface area (Å²) in [6.45, 7) is 4.52. The molecule has 2 aliphatic carbocycles. The first-order valence-corrected chi connectivity index (χ1v) is 18.2. The van der Waals surface area contributed by atoms with Crippen molar-refractivity contribution in [2.24, 2.45) is 23.7 Å². The Morgan fingerprint density at radius 2 is 1.87 bits per heavy atom. The lowest BCUT2D eigenvalue weighted by atomic mass is 9.63. The summed E-state index contributed by atoms with van der Waals surface area (Å²) < 4.78 is 77.3. The summed E-state index contributed by atoms with van der Waals surface area (Å²) in [7, 11) is -4.08. The molecule has 2 aromatic carbocycles. The summed E-state index contributed by atoms with van der Waals surface area (Å²) in [6, 6.07) is 10.8. The molecule has 1 fully saturated rings. The zero-order valence-electron chi connectivity index (χ0n) is 26.2. The van der Waals surface area contributed by atoms with Crippen LogP contribution in [0.3, 0.4) is 0 Å². The third kappa shape index (κ3) is 6.35. The molecule has 46 heavy (non-hydrogen) atoms. The molecule has 0 saturated heterocycles. The molecule has 0 aromatic heterocycles. The molecule has 4 unspecified atom stereocenters. The largest absolute Gasteiger partial charge is 0.490 e. The number of nitrogens with one attached hydrogen (secondary N) is 1. The van der Waals surface area contributed by atoms with Crippen molar-refractivity contribution in [1.82, 2.24) is 4.72 Å². The van der Waals surface area contributed by atoms with Crippen molar-refractivity contribution in [3.8, 4) is 5.75 Å². The van der Waals surface area contributed by atoms with Gasteiger partial charge in [0.05, 0.1) is 17.5 Å². The maximum atomic E-state index is 14.0. The van der Waals surface area contributed by atoms with Crippen molar-refractivity contribution >= 4 is 33.2 Å². The van der Waals surface area contributed by atoms with Crippen LogP contribution < -0.4 is 14.4 Å². The number of rotatable bonds is 1. The summed E-state index contributed by atoms with van der Waals surface area (Å²) in [5.41, 5.74) is 2.61. The van der Waals surface area contributed by atoms with Gasteiger partial charge in [-0.1, -0.05) is 31.0 Å². The van der Waals surface area contributed by atoms with Crippen molar-refractivity contribution in [2.75, 3.05) is 24.6 Å². The molecule has 0 radical (unpaired) electrons. The summed E-state index contributed by atoms with van der Waals surface area (Å²) in [5.74, 6) is -2.08. The van der Waals surface area contributed by atoms with Crippen LogP contribution in [0.4, 0.5) is 18.9 Å². The SMILES string of the molecule is CC1CCC[C@@H]([C@@H](O)C(F)(F)F)C2CCC2CN2C[C@@]3(CCCc4cc(Cl)ccc43)COc3ccc(cc32)C(=O)NS(=O)(=O)C1C. The Hall–Kier alpha value is -2.50. The summed E-state index contributed by atoms with van der Waals surface area (Å²) >= 11 is 6.36. The van der Waals surface area contributed by atoms with Gasteiger partial charge in [0.25, 0.3) is 5.91 Å². The molecule has 6 rings (SSSR count). The van der Waals surface area contributed by atoms with E-state index in [1.54, 1.807) is 25.1 Å². The van der Waals surface area contributed by atoms with E-state index in [4.69, 9.17) is 16.3 Å². The molecule has 2 aromatic rings. The number of aliphatic hydroxyl groups is 1. The highest BCUT2D eigenvalue weighted by atomic mass is 35.5. The van der Waals surface area contributed by atoms with E-state index >= 15 is 0 Å². The normalized spacial score (nSPS) is 32.2. The van der Waals surface area contributed by atoms with Gasteiger partial charge in [0.15, 0.2) is 6.10 Å². The number of hydrogen-bond acceptors (Lipinski definition) is 6. The van der Waals surface area contributed by atoms with Crippen LogP contribution in [0.25, 0.3) is 0 Å². The van der Waals surface area contributed by atoms with E-state index in [0.717, 1.165) is 36.8 Å². The molecule has 2 heterocycles. The first kappa shape index (κ1) is 33.4. The van der Waals surface area contributed by atoms with Crippen LogP contribution >= 0.6 is 11.6 Å². The number of sulfonamides is 1. The first-order valence-electron chi connectivity index (χ1n) is 16.3. The third-order valence-electron chi connectivity index (χ3n) is 11.2. The highest BCUT2D eigenvalue weighted by Crippen LogP contribution is 2.49. The zero-order valence-corrected chi connectivity index (χ0v) is 27.7. The molecule has 4 aliphatic rings. The molecule has 2 bridgehead atoms. The molecule has 7 nitrogen and oxygen atoms in total. The van der Waals surface area contributed by atoms with Crippen LogP contribution in [0, 0.1) is 23.7 Å². The number of aliphatic hydroxyl groups excluding tert-OH is 1. The molecular formula is C34H42ClF3N2O5S. The summed E-state index contributed by atoms with van der Waals surface area (Å²) in [6.07, 6.45) is -2.47. The molecule has 1 amide bonds. The molecule has 2 N–H and O–H groups in total. The van der Waals surface area contributed by atoms with Crippen LogP contribution in [-0.2, 0) is 21.9 Å². The number of anilines is 1. The van der Waals surface area contributed by atoms with Crippen molar-refractivity contribution in [1.29, 1.82) is 0 Å². The molecule has 1 saturated carbocycles. The van der Waals surface area contributed by atoms with Gasteiger partial charge >= 0.3 is 6.18 Å². The molecule has 2 aliphatic heterocycles. The van der Waals surface area contributed by atoms with E-state index in [9.17, 15) is 31.5 Å². The zero-order chi connectivity index (χ0) is 33.0. The minimum Gasteiger partial charge on any atom is -0.490 e. The molecule has 252 valence electrons. The smallest absolute Gasteiger partial charge is 0.414 e. The lowest BCUT2D eigenvalue weighted by Gasteiger charge is -2.48. The number of carbonyl (C=O) groups is 1. The van der Waals surface area contributed by atoms with Gasteiger partial charge < -0.3 is 14.7 Å². The third-order valence-corrected chi connectivity index (χ3v) is 13.4. The minimum atomic E-state index is -4.76. The van der Waals surface area contributed by atoms with Crippen LogP contribution in [0.2, 0.25) is 5.02 Å². The van der Waals surface area contributed by atoms with Gasteiger partial charge in [-0.2, -0.15) is 13.2 Å². The summed E-state index contributed by atoms with van der Waals surface area (Å²) in [5, 5.41) is 10.3. The number of fused-ring (bicyclic) bond motifs is 4. The highest BCUT2D eigenvalue weighted by molar-refractivity contribution is 7.90. The van der Waals surface area contributed by atoms with Gasteiger partial charge in [-0.05, 0) is 117 Å². The Morgan fingerprint density at radius 3 is 2.59 bits per heavy atom. The topological polar surface area (TPSA) is 95.9 Å². The number of carbonyl (C=O) groups excluding carboxylic acids is 1. The second kappa shape index (κ2) is 12.5. The summed E-state index contributed by atoms with van der Waals surface area (Å²) in [4.78, 5) is 15.5. The van der Waals surface area contributed by atoms with Gasteiger partial charge in [-0.25, -0.2) is 13.1 Å². The maximum absolute atomic E-state index is 14.0. The number of nitrogens with zero attached hydrogens (tertiary/aromatic N) is 1. The van der Waals surface area contributed by atoms with E-state index < -0.39 is 50.7 Å². The number of halogens is 4. The predicted molar refractivity (Wildman–Crippen MR) is 171 cm³/mol. The van der Waals surface area contributed by atoms with E-state index in [0.29, 0.717) is 55.4 Å². The predicted octanol–water partition coefficient (Wildman–Crippen LogP) is 6.65. The Labute approximate surface area is 273 Å². The van der Waals surface area contributed by atoms with Gasteiger partial charge in [-0.15, -0.1) is 0 Å². The van der Waals surface area contributed by atoms with Crippen molar-refractivity contribution in [3.63, 3.8) is 0 Å². The van der Waals surface area contributed by atoms with Gasteiger partial charge in [0, 0.05) is 29.1 Å². The number of amides is 1. The van der Waals surface area contributed by atoms with Gasteiger partial charge in [0.2, 0.25) is 10.0 Å². The fourth-order valence-corrected chi connectivity index (χ4v) is 9.77. The van der Waals surface area contributed by atoms with Crippen molar-refractivity contribution < 1.29 is 36.2 Å². The van der Waals surface area contributed by atoms with Crippen molar-refractivity contribution in [3.05, 3.63) is 58.1 Å². The minimum absolute atomic E-state index is 0.111. The maximum Gasteiger partial charge on any atom is 0.414 e. The number of aryl methyl sites for hydroxylation is 1. The Kier molecular flexibility index (Phi) is 9.08. The monoisotopic (exact) mass is 682 g/mol. The van der Waals surface area contributed by atoms with Crippen LogP contribution in [-0.4, -0.2) is 56.7 Å². The van der Waals surface area contributed by atoms with E-state index in [2.05, 4.69) is 9.62 Å². The average Bonchev–Trinajstić information content (AvgIpc) is 3.13. The van der Waals surface area contributed by atoms with E-state index in [-0.39, 0.29) is 23.8 Å². The Bertz CT molecular complexity index is 1590. The number of ether oxygens (including phenoxy) is 1. The van der Waals surface area contributed by atoms with Crippen LogP contribution in [0.1, 0.15) is 80.3 Å². The Morgan fingerprint density at radius 1 is 1.09 bits per heavy atom. The standard InChI is InChI=1S/C34H42ClF3N2O5S/c1-20-5-3-7-27(31(41)34(36,37)38)26-11-8-24(26)17-40-18-33(14-4-6-22-15-25(35)10-12-28(22)33)19-45-30-13-9-23(16-29(30)40)32(42)39-46(43,44)21(20)2/h9-10,12-13,15-16,20-21,24,26-27,31,41H,3-8,11,14,17-19H2,1-2H3,(H,39,42)/t20?,21?,24?,26?,27-,31-,33+/m1/s1. The average molecular weight is 683 g/mol. The van der Waals surface area contributed by atoms with E-state index in [1.807, 2.05) is 18.2 Å². The molecule has 7 atom stereocenters. The highest BCUT2D eigenvalue weighted by Gasteiger charge is 2.51. The number of hydrogen-bond donors (Lipinski definition) is 2. The van der Waals surface area contributed by atoms with Crippen LogP contribution in [0.15, 0.2) is 36.4 Å². The van der Waals surface area contributed by atoms with Crippen molar-refractivity contribution in [2.45, 2.75) is 88.2 Å². The molecule has 1 spiro atoms. The van der Waals surface area contributed by atoms with Gasteiger partial charge in [0.1, 0.15) is 5.75 Å².